The van der Waals surface area contributed by atoms with Gasteiger partial charge in [0.05, 0.1) is 11.8 Å². The molecule has 138 valence electrons. The predicted molar refractivity (Wildman–Crippen MR) is 99.1 cm³/mol. The zero-order valence-electron chi connectivity index (χ0n) is 15.0. The molecule has 2 saturated heterocycles. The molecule has 1 aromatic rings. The summed E-state index contributed by atoms with van der Waals surface area (Å²) in [6, 6.07) is 8.41. The van der Waals surface area contributed by atoms with Crippen LogP contribution in [0.25, 0.3) is 0 Å². The third-order valence-corrected chi connectivity index (χ3v) is 7.08. The molecule has 0 aromatic heterocycles. The molecule has 2 fully saturated rings. The van der Waals surface area contributed by atoms with Crippen molar-refractivity contribution in [2.45, 2.75) is 31.7 Å². The first-order chi connectivity index (χ1) is 11.9. The SMILES string of the molecule is CN(C)c1cccc(C2CCCN2C(=O)CCN2CCCS2(=O)=O)c1. The normalized spacial score (nSPS) is 23.1. The Kier molecular flexibility index (Phi) is 5.34. The number of amides is 1. The Morgan fingerprint density at radius 1 is 1.24 bits per heavy atom. The highest BCUT2D eigenvalue weighted by Gasteiger charge is 2.32. The van der Waals surface area contributed by atoms with Crippen LogP contribution < -0.4 is 4.90 Å². The van der Waals surface area contributed by atoms with Crippen molar-refractivity contribution in [2.75, 3.05) is 44.4 Å². The van der Waals surface area contributed by atoms with E-state index >= 15 is 0 Å². The number of rotatable bonds is 5. The van der Waals surface area contributed by atoms with Crippen LogP contribution >= 0.6 is 0 Å². The van der Waals surface area contributed by atoms with Gasteiger partial charge in [-0.1, -0.05) is 12.1 Å². The van der Waals surface area contributed by atoms with Gasteiger partial charge in [-0.25, -0.2) is 12.7 Å². The van der Waals surface area contributed by atoms with Crippen LogP contribution in [0.2, 0.25) is 0 Å². The van der Waals surface area contributed by atoms with E-state index in [2.05, 4.69) is 23.1 Å². The van der Waals surface area contributed by atoms with E-state index in [9.17, 15) is 13.2 Å². The van der Waals surface area contributed by atoms with Crippen molar-refractivity contribution in [2.24, 2.45) is 0 Å². The van der Waals surface area contributed by atoms with Crippen molar-refractivity contribution < 1.29 is 13.2 Å². The molecule has 6 nitrogen and oxygen atoms in total. The molecule has 1 atom stereocenters. The van der Waals surface area contributed by atoms with Gasteiger partial charge in [-0.2, -0.15) is 0 Å². The molecule has 7 heteroatoms. The van der Waals surface area contributed by atoms with E-state index in [-0.39, 0.29) is 24.1 Å². The van der Waals surface area contributed by atoms with Crippen molar-refractivity contribution in [1.82, 2.24) is 9.21 Å². The average Bonchev–Trinajstić information content (AvgIpc) is 3.19. The second kappa shape index (κ2) is 7.33. The maximum atomic E-state index is 12.7. The van der Waals surface area contributed by atoms with Gasteiger partial charge in [-0.15, -0.1) is 0 Å². The number of carbonyl (C=O) groups excluding carboxylic acids is 1. The summed E-state index contributed by atoms with van der Waals surface area (Å²) in [6.45, 7) is 1.61. The molecule has 0 saturated carbocycles. The van der Waals surface area contributed by atoms with Crippen LogP contribution in [0.3, 0.4) is 0 Å². The van der Waals surface area contributed by atoms with Crippen molar-refractivity contribution in [3.05, 3.63) is 29.8 Å². The molecule has 1 unspecified atom stereocenters. The quantitative estimate of drug-likeness (QED) is 0.799. The lowest BCUT2D eigenvalue weighted by atomic mass is 10.0. The van der Waals surface area contributed by atoms with Crippen LogP contribution in [-0.2, 0) is 14.8 Å². The standard InChI is InChI=1S/C18H27N3O3S/c1-19(2)16-7-3-6-15(14-16)17-8-4-11-21(17)18(22)9-12-20-10-5-13-25(20,23)24/h3,6-7,14,17H,4-5,8-13H2,1-2H3. The summed E-state index contributed by atoms with van der Waals surface area (Å²) in [4.78, 5) is 16.7. The smallest absolute Gasteiger partial charge is 0.224 e. The van der Waals surface area contributed by atoms with E-state index in [1.54, 1.807) is 0 Å². The van der Waals surface area contributed by atoms with E-state index in [0.29, 0.717) is 19.5 Å². The van der Waals surface area contributed by atoms with E-state index < -0.39 is 10.0 Å². The van der Waals surface area contributed by atoms with Crippen LogP contribution in [0.1, 0.15) is 37.3 Å². The topological polar surface area (TPSA) is 60.9 Å². The molecule has 3 rings (SSSR count). The third-order valence-electron chi connectivity index (χ3n) is 5.12. The summed E-state index contributed by atoms with van der Waals surface area (Å²) in [7, 11) is 0.884. The zero-order chi connectivity index (χ0) is 18.0. The molecular formula is C18H27N3O3S. The second-order valence-corrected chi connectivity index (χ2v) is 9.14. The van der Waals surface area contributed by atoms with E-state index in [0.717, 1.165) is 30.6 Å². The molecule has 2 aliphatic rings. The Morgan fingerprint density at radius 3 is 2.72 bits per heavy atom. The van der Waals surface area contributed by atoms with Gasteiger partial charge in [-0.05, 0) is 37.0 Å². The summed E-state index contributed by atoms with van der Waals surface area (Å²) in [6.07, 6.45) is 2.89. The largest absolute Gasteiger partial charge is 0.378 e. The average molecular weight is 365 g/mol. The molecule has 0 aliphatic carbocycles. The minimum atomic E-state index is -3.13. The number of benzene rings is 1. The maximum absolute atomic E-state index is 12.7. The first-order valence-electron chi connectivity index (χ1n) is 8.93. The minimum absolute atomic E-state index is 0.0554. The molecule has 0 radical (unpaired) electrons. The van der Waals surface area contributed by atoms with Gasteiger partial charge in [0.1, 0.15) is 0 Å². The van der Waals surface area contributed by atoms with Crippen LogP contribution in [0.4, 0.5) is 5.69 Å². The highest BCUT2D eigenvalue weighted by atomic mass is 32.2. The Labute approximate surface area is 150 Å². The van der Waals surface area contributed by atoms with Gasteiger partial charge < -0.3 is 9.80 Å². The van der Waals surface area contributed by atoms with Gasteiger partial charge in [-0.3, -0.25) is 4.79 Å². The number of carbonyl (C=O) groups is 1. The molecule has 2 heterocycles. The Morgan fingerprint density at radius 2 is 2.04 bits per heavy atom. The number of nitrogens with zero attached hydrogens (tertiary/aromatic N) is 3. The first-order valence-corrected chi connectivity index (χ1v) is 10.5. The molecule has 25 heavy (non-hydrogen) atoms. The Hall–Kier alpha value is -1.60. The fourth-order valence-corrected chi connectivity index (χ4v) is 5.26. The lowest BCUT2D eigenvalue weighted by Crippen LogP contribution is -2.35. The van der Waals surface area contributed by atoms with Crippen LogP contribution in [-0.4, -0.2) is 63.0 Å². The van der Waals surface area contributed by atoms with E-state index in [1.807, 2.05) is 25.1 Å². The fourth-order valence-electron chi connectivity index (χ4n) is 3.73. The van der Waals surface area contributed by atoms with Gasteiger partial charge >= 0.3 is 0 Å². The number of sulfonamides is 1. The Balaban J connectivity index is 1.67. The van der Waals surface area contributed by atoms with Crippen LogP contribution in [0, 0.1) is 0 Å². The van der Waals surface area contributed by atoms with Gasteiger partial charge in [0.25, 0.3) is 0 Å². The molecule has 0 N–H and O–H groups in total. The summed E-state index contributed by atoms with van der Waals surface area (Å²) in [5.41, 5.74) is 2.28. The van der Waals surface area contributed by atoms with Crippen molar-refractivity contribution in [1.29, 1.82) is 0 Å². The minimum Gasteiger partial charge on any atom is -0.378 e. The van der Waals surface area contributed by atoms with Gasteiger partial charge in [0.2, 0.25) is 15.9 Å². The molecule has 0 bridgehead atoms. The second-order valence-electron chi connectivity index (χ2n) is 7.05. The summed E-state index contributed by atoms with van der Waals surface area (Å²) in [5, 5.41) is 0. The summed E-state index contributed by atoms with van der Waals surface area (Å²) in [5.74, 6) is 0.269. The van der Waals surface area contributed by atoms with Gasteiger partial charge in [0.15, 0.2) is 0 Å². The van der Waals surface area contributed by atoms with Crippen LogP contribution in [0.5, 0.6) is 0 Å². The highest BCUT2D eigenvalue weighted by Crippen LogP contribution is 2.34. The molecule has 0 spiro atoms. The van der Waals surface area contributed by atoms with Crippen molar-refractivity contribution in [3.63, 3.8) is 0 Å². The Bertz CT molecular complexity index is 733. The lowest BCUT2D eigenvalue weighted by molar-refractivity contribution is -0.132. The third kappa shape index (κ3) is 3.98. The van der Waals surface area contributed by atoms with E-state index in [1.165, 1.54) is 4.31 Å². The number of likely N-dealkylation sites (tertiary alicyclic amines) is 1. The summed E-state index contributed by atoms with van der Waals surface area (Å²) >= 11 is 0. The van der Waals surface area contributed by atoms with E-state index in [4.69, 9.17) is 0 Å². The monoisotopic (exact) mass is 365 g/mol. The number of anilines is 1. The molecule has 2 aliphatic heterocycles. The number of hydrogen-bond donors (Lipinski definition) is 0. The maximum Gasteiger partial charge on any atom is 0.224 e. The fraction of sp³-hybridized carbons (Fsp3) is 0.611. The lowest BCUT2D eigenvalue weighted by Gasteiger charge is -2.27. The number of hydrogen-bond acceptors (Lipinski definition) is 4. The first kappa shape index (κ1) is 18.2. The molecule has 1 amide bonds. The van der Waals surface area contributed by atoms with Crippen LogP contribution in [0.15, 0.2) is 24.3 Å². The van der Waals surface area contributed by atoms with Crippen molar-refractivity contribution in [3.8, 4) is 0 Å². The zero-order valence-corrected chi connectivity index (χ0v) is 15.8. The van der Waals surface area contributed by atoms with Crippen molar-refractivity contribution >= 4 is 21.6 Å². The summed E-state index contributed by atoms with van der Waals surface area (Å²) < 4.78 is 25.2. The molecule has 1 aromatic carbocycles. The molecular weight excluding hydrogens is 338 g/mol. The highest BCUT2D eigenvalue weighted by molar-refractivity contribution is 7.89. The predicted octanol–water partition coefficient (Wildman–Crippen LogP) is 1.84. The van der Waals surface area contributed by atoms with Gasteiger partial charge in [0, 0.05) is 45.8 Å².